The highest BCUT2D eigenvalue weighted by molar-refractivity contribution is 5.98. The van der Waals surface area contributed by atoms with E-state index < -0.39 is 24.3 Å². The molecule has 1 rings (SSSR count). The highest BCUT2D eigenvalue weighted by atomic mass is 19.4. The Morgan fingerprint density at radius 1 is 1.40 bits per heavy atom. The standard InChI is InChI=1S/C8H6F3NO3/c9-8(10,11)2-6(13)4-1-5(7(14)15)12-3-4/h1,3,12H,2H2,(H,14,15). The molecule has 0 aliphatic rings. The molecule has 0 saturated heterocycles. The van der Waals surface area contributed by atoms with Gasteiger partial charge in [0.05, 0.1) is 0 Å². The summed E-state index contributed by atoms with van der Waals surface area (Å²) in [7, 11) is 0. The van der Waals surface area contributed by atoms with Crippen molar-refractivity contribution in [3.05, 3.63) is 23.5 Å². The van der Waals surface area contributed by atoms with Crippen LogP contribution in [-0.2, 0) is 0 Å². The van der Waals surface area contributed by atoms with Crippen LogP contribution in [-0.4, -0.2) is 28.0 Å². The number of aromatic carboxylic acids is 1. The van der Waals surface area contributed by atoms with Gasteiger partial charge in [-0.3, -0.25) is 4.79 Å². The maximum absolute atomic E-state index is 11.8. The van der Waals surface area contributed by atoms with Crippen LogP contribution in [0.1, 0.15) is 27.3 Å². The number of aromatic amines is 1. The van der Waals surface area contributed by atoms with Crippen LogP contribution in [0.2, 0.25) is 0 Å². The zero-order valence-electron chi connectivity index (χ0n) is 7.26. The molecule has 82 valence electrons. The van der Waals surface area contributed by atoms with E-state index in [9.17, 15) is 22.8 Å². The lowest BCUT2D eigenvalue weighted by Gasteiger charge is -2.02. The fourth-order valence-corrected chi connectivity index (χ4v) is 0.963. The second-order valence-corrected chi connectivity index (χ2v) is 2.82. The monoisotopic (exact) mass is 221 g/mol. The smallest absolute Gasteiger partial charge is 0.396 e. The number of aromatic nitrogens is 1. The Morgan fingerprint density at radius 3 is 2.40 bits per heavy atom. The van der Waals surface area contributed by atoms with E-state index in [4.69, 9.17) is 5.11 Å². The fraction of sp³-hybridized carbons (Fsp3) is 0.250. The van der Waals surface area contributed by atoms with Crippen molar-refractivity contribution >= 4 is 11.8 Å². The molecule has 0 fully saturated rings. The minimum Gasteiger partial charge on any atom is -0.477 e. The number of hydrogen-bond donors (Lipinski definition) is 2. The van der Waals surface area contributed by atoms with Crippen LogP contribution in [0.5, 0.6) is 0 Å². The van der Waals surface area contributed by atoms with Crippen LogP contribution >= 0.6 is 0 Å². The predicted molar refractivity (Wildman–Crippen MR) is 42.8 cm³/mol. The first-order valence-corrected chi connectivity index (χ1v) is 3.81. The molecule has 15 heavy (non-hydrogen) atoms. The highest BCUT2D eigenvalue weighted by Gasteiger charge is 2.32. The van der Waals surface area contributed by atoms with Crippen molar-refractivity contribution in [3.8, 4) is 0 Å². The van der Waals surface area contributed by atoms with Gasteiger partial charge in [0.1, 0.15) is 12.1 Å². The number of halogens is 3. The largest absolute Gasteiger partial charge is 0.477 e. The van der Waals surface area contributed by atoms with Crippen molar-refractivity contribution in [2.24, 2.45) is 0 Å². The van der Waals surface area contributed by atoms with Crippen LogP contribution in [0.4, 0.5) is 13.2 Å². The average molecular weight is 221 g/mol. The first-order valence-electron chi connectivity index (χ1n) is 3.81. The second-order valence-electron chi connectivity index (χ2n) is 2.82. The molecular formula is C8H6F3NO3. The van der Waals surface area contributed by atoms with Crippen molar-refractivity contribution in [2.75, 3.05) is 0 Å². The number of H-pyrrole nitrogens is 1. The Bertz CT molecular complexity index is 394. The van der Waals surface area contributed by atoms with Crippen molar-refractivity contribution in [1.29, 1.82) is 0 Å². The van der Waals surface area contributed by atoms with Gasteiger partial charge in [-0.15, -0.1) is 0 Å². The van der Waals surface area contributed by atoms with Crippen molar-refractivity contribution in [2.45, 2.75) is 12.6 Å². The number of carbonyl (C=O) groups is 2. The molecule has 0 spiro atoms. The van der Waals surface area contributed by atoms with Gasteiger partial charge in [0.2, 0.25) is 0 Å². The van der Waals surface area contributed by atoms with Crippen molar-refractivity contribution in [3.63, 3.8) is 0 Å². The van der Waals surface area contributed by atoms with E-state index in [0.717, 1.165) is 12.3 Å². The fourth-order valence-electron chi connectivity index (χ4n) is 0.963. The summed E-state index contributed by atoms with van der Waals surface area (Å²) in [6, 6.07) is 0.871. The number of carboxylic acids is 1. The lowest BCUT2D eigenvalue weighted by Crippen LogP contribution is -2.14. The summed E-state index contributed by atoms with van der Waals surface area (Å²) in [5, 5.41) is 8.45. The van der Waals surface area contributed by atoms with Gasteiger partial charge < -0.3 is 10.1 Å². The molecule has 0 aliphatic heterocycles. The van der Waals surface area contributed by atoms with Gasteiger partial charge in [-0.05, 0) is 6.07 Å². The number of rotatable bonds is 3. The summed E-state index contributed by atoms with van der Waals surface area (Å²) < 4.78 is 35.4. The lowest BCUT2D eigenvalue weighted by molar-refractivity contribution is -0.125. The Morgan fingerprint density at radius 2 is 2.00 bits per heavy atom. The van der Waals surface area contributed by atoms with Crippen LogP contribution in [0.15, 0.2) is 12.3 Å². The maximum atomic E-state index is 11.8. The molecule has 2 N–H and O–H groups in total. The Kier molecular flexibility index (Phi) is 2.83. The molecule has 1 aromatic heterocycles. The molecule has 0 saturated carbocycles. The average Bonchev–Trinajstić information content (AvgIpc) is 2.47. The van der Waals surface area contributed by atoms with E-state index in [0.29, 0.717) is 0 Å². The third kappa shape index (κ3) is 3.12. The molecule has 0 radical (unpaired) electrons. The van der Waals surface area contributed by atoms with Gasteiger partial charge in [-0.25, -0.2) is 4.79 Å². The third-order valence-electron chi connectivity index (χ3n) is 1.60. The highest BCUT2D eigenvalue weighted by Crippen LogP contribution is 2.22. The minimum absolute atomic E-state index is 0.287. The molecule has 0 bridgehead atoms. The molecule has 0 aliphatic carbocycles. The Hall–Kier alpha value is -1.79. The molecule has 7 heteroatoms. The van der Waals surface area contributed by atoms with E-state index in [2.05, 4.69) is 4.98 Å². The van der Waals surface area contributed by atoms with Crippen LogP contribution in [0, 0.1) is 0 Å². The number of ketones is 1. The Labute approximate surface area is 81.7 Å². The summed E-state index contributed by atoms with van der Waals surface area (Å²) in [5.74, 6) is -2.49. The van der Waals surface area contributed by atoms with E-state index >= 15 is 0 Å². The number of nitrogens with one attached hydrogen (secondary N) is 1. The van der Waals surface area contributed by atoms with Gasteiger partial charge in [-0.1, -0.05) is 0 Å². The zero-order chi connectivity index (χ0) is 11.6. The van der Waals surface area contributed by atoms with E-state index in [1.54, 1.807) is 0 Å². The predicted octanol–water partition coefficient (Wildman–Crippen LogP) is 1.85. The van der Waals surface area contributed by atoms with Crippen LogP contribution < -0.4 is 0 Å². The molecule has 1 heterocycles. The van der Waals surface area contributed by atoms with Crippen LogP contribution in [0.3, 0.4) is 0 Å². The number of Topliss-reactive ketones (excluding diaryl/α,β-unsaturated/α-hetero) is 1. The molecule has 0 aromatic carbocycles. The Balaban J connectivity index is 2.79. The number of alkyl halides is 3. The first-order chi connectivity index (χ1) is 6.79. The van der Waals surface area contributed by atoms with Gasteiger partial charge in [0.15, 0.2) is 5.78 Å². The minimum atomic E-state index is -4.59. The number of carbonyl (C=O) groups excluding carboxylic acids is 1. The molecule has 0 unspecified atom stereocenters. The summed E-state index contributed by atoms with van der Waals surface area (Å²) in [4.78, 5) is 23.5. The number of carboxylic acid groups (broad SMARTS) is 1. The zero-order valence-corrected chi connectivity index (χ0v) is 7.26. The summed E-state index contributed by atoms with van der Waals surface area (Å²) >= 11 is 0. The van der Waals surface area contributed by atoms with Gasteiger partial charge in [0.25, 0.3) is 0 Å². The SMILES string of the molecule is O=C(CC(F)(F)F)c1c[nH]c(C(=O)O)c1. The molecule has 1 aromatic rings. The summed E-state index contributed by atoms with van der Waals surface area (Å²) in [6.45, 7) is 0. The van der Waals surface area contributed by atoms with Crippen molar-refractivity contribution in [1.82, 2.24) is 4.98 Å². The van der Waals surface area contributed by atoms with E-state index in [-0.39, 0.29) is 11.3 Å². The maximum Gasteiger partial charge on any atom is 0.396 e. The van der Waals surface area contributed by atoms with E-state index in [1.807, 2.05) is 0 Å². The summed E-state index contributed by atoms with van der Waals surface area (Å²) in [6.07, 6.45) is -5.24. The number of hydrogen-bond acceptors (Lipinski definition) is 2. The molecule has 4 nitrogen and oxygen atoms in total. The van der Waals surface area contributed by atoms with Gasteiger partial charge >= 0.3 is 12.1 Å². The first kappa shape index (κ1) is 11.3. The van der Waals surface area contributed by atoms with Gasteiger partial charge in [0, 0.05) is 11.8 Å². The molecular weight excluding hydrogens is 215 g/mol. The summed E-state index contributed by atoms with van der Waals surface area (Å²) in [5.41, 5.74) is -0.606. The molecule has 0 amide bonds. The quantitative estimate of drug-likeness (QED) is 0.765. The lowest BCUT2D eigenvalue weighted by atomic mass is 10.1. The normalized spacial score (nSPS) is 11.4. The van der Waals surface area contributed by atoms with Crippen LogP contribution in [0.25, 0.3) is 0 Å². The van der Waals surface area contributed by atoms with Gasteiger partial charge in [-0.2, -0.15) is 13.2 Å². The third-order valence-corrected chi connectivity index (χ3v) is 1.60. The molecule has 0 atom stereocenters. The topological polar surface area (TPSA) is 70.2 Å². The second kappa shape index (κ2) is 3.76. The van der Waals surface area contributed by atoms with E-state index in [1.165, 1.54) is 0 Å². The van der Waals surface area contributed by atoms with Crippen molar-refractivity contribution < 1.29 is 27.9 Å².